The molecule has 0 amide bonds. The molecule has 144 valence electrons. The van der Waals surface area contributed by atoms with Crippen LogP contribution in [0.4, 0.5) is 4.39 Å². The summed E-state index contributed by atoms with van der Waals surface area (Å²) < 4.78 is 19.6. The molecule has 3 nitrogen and oxygen atoms in total. The van der Waals surface area contributed by atoms with Crippen LogP contribution < -0.4 is 4.74 Å². The SMILES string of the molecule is C=COc1ccc(-c2c(C(=O)c3ccc(F)cc3C)sc3cc(O)ccc23)cc1. The number of thiophene rings is 1. The van der Waals surface area contributed by atoms with E-state index in [2.05, 4.69) is 6.58 Å². The third kappa shape index (κ3) is 3.52. The molecule has 4 aromatic rings. The van der Waals surface area contributed by atoms with Crippen molar-refractivity contribution in [3.05, 3.63) is 95.3 Å². The van der Waals surface area contributed by atoms with E-state index >= 15 is 0 Å². The number of hydrogen-bond donors (Lipinski definition) is 1. The lowest BCUT2D eigenvalue weighted by atomic mass is 9.96. The third-order valence-electron chi connectivity index (χ3n) is 4.68. The number of benzene rings is 3. The highest BCUT2D eigenvalue weighted by Crippen LogP contribution is 2.41. The number of ether oxygens (including phenoxy) is 1. The number of hydrogen-bond acceptors (Lipinski definition) is 4. The molecule has 1 aromatic heterocycles. The van der Waals surface area contributed by atoms with Gasteiger partial charge in [0.15, 0.2) is 0 Å². The Hall–Kier alpha value is -3.44. The number of aryl methyl sites for hydroxylation is 1. The first-order chi connectivity index (χ1) is 14.0. The van der Waals surface area contributed by atoms with Crippen molar-refractivity contribution in [3.8, 4) is 22.6 Å². The van der Waals surface area contributed by atoms with Gasteiger partial charge in [0.05, 0.1) is 11.1 Å². The second-order valence-corrected chi connectivity index (χ2v) is 7.64. The van der Waals surface area contributed by atoms with Crippen LogP contribution in [0.3, 0.4) is 0 Å². The Balaban J connectivity index is 1.92. The zero-order valence-electron chi connectivity index (χ0n) is 15.6. The Kier molecular flexibility index (Phi) is 4.91. The van der Waals surface area contributed by atoms with E-state index in [1.807, 2.05) is 12.1 Å². The van der Waals surface area contributed by atoms with Crippen LogP contribution in [0.15, 0.2) is 73.5 Å². The smallest absolute Gasteiger partial charge is 0.203 e. The number of carbonyl (C=O) groups excluding carboxylic acids is 1. The molecule has 0 radical (unpaired) electrons. The Bertz CT molecular complexity index is 1240. The molecular weight excluding hydrogens is 387 g/mol. The van der Waals surface area contributed by atoms with Crippen molar-refractivity contribution in [2.45, 2.75) is 6.92 Å². The van der Waals surface area contributed by atoms with Gasteiger partial charge >= 0.3 is 0 Å². The summed E-state index contributed by atoms with van der Waals surface area (Å²) in [6, 6.07) is 16.6. The molecule has 0 saturated carbocycles. The van der Waals surface area contributed by atoms with Crippen LogP contribution in [-0.4, -0.2) is 10.9 Å². The Labute approximate surface area is 171 Å². The monoisotopic (exact) mass is 404 g/mol. The number of carbonyl (C=O) groups is 1. The molecule has 0 bridgehead atoms. The van der Waals surface area contributed by atoms with Crippen LogP contribution in [0, 0.1) is 12.7 Å². The van der Waals surface area contributed by atoms with Crippen molar-refractivity contribution in [1.82, 2.24) is 0 Å². The minimum absolute atomic E-state index is 0.136. The van der Waals surface area contributed by atoms with Crippen LogP contribution >= 0.6 is 11.3 Å². The van der Waals surface area contributed by atoms with E-state index in [4.69, 9.17) is 4.74 Å². The van der Waals surface area contributed by atoms with Gasteiger partial charge in [0.1, 0.15) is 17.3 Å². The van der Waals surface area contributed by atoms with Crippen LogP contribution in [0.5, 0.6) is 11.5 Å². The maximum atomic E-state index is 13.5. The number of phenolic OH excluding ortho intramolecular Hbond substituents is 1. The average molecular weight is 404 g/mol. The van der Waals surface area contributed by atoms with E-state index in [1.54, 1.807) is 37.3 Å². The van der Waals surface area contributed by atoms with Crippen molar-refractivity contribution in [3.63, 3.8) is 0 Å². The fourth-order valence-electron chi connectivity index (χ4n) is 3.33. The van der Waals surface area contributed by atoms with Gasteiger partial charge in [0.2, 0.25) is 5.78 Å². The van der Waals surface area contributed by atoms with Gasteiger partial charge in [-0.05, 0) is 66.6 Å². The molecule has 0 saturated heterocycles. The first-order valence-electron chi connectivity index (χ1n) is 8.92. The minimum Gasteiger partial charge on any atom is -0.508 e. The van der Waals surface area contributed by atoms with Gasteiger partial charge in [-0.1, -0.05) is 18.7 Å². The zero-order chi connectivity index (χ0) is 20.5. The van der Waals surface area contributed by atoms with Crippen molar-refractivity contribution >= 4 is 27.2 Å². The van der Waals surface area contributed by atoms with E-state index < -0.39 is 0 Å². The normalized spacial score (nSPS) is 10.8. The molecule has 0 aliphatic rings. The van der Waals surface area contributed by atoms with Crippen LogP contribution in [0.25, 0.3) is 21.2 Å². The number of aromatic hydroxyl groups is 1. The highest BCUT2D eigenvalue weighted by Gasteiger charge is 2.22. The Morgan fingerprint density at radius 1 is 1.10 bits per heavy atom. The molecular formula is C24H17FO3S. The number of phenols is 1. The maximum Gasteiger partial charge on any atom is 0.203 e. The summed E-state index contributed by atoms with van der Waals surface area (Å²) in [6.07, 6.45) is 1.35. The predicted octanol–water partition coefficient (Wildman–Crippen LogP) is 6.47. The van der Waals surface area contributed by atoms with Gasteiger partial charge in [0, 0.05) is 21.2 Å². The third-order valence-corrected chi connectivity index (χ3v) is 5.83. The van der Waals surface area contributed by atoms with Crippen LogP contribution in [-0.2, 0) is 0 Å². The number of ketones is 1. The first-order valence-corrected chi connectivity index (χ1v) is 9.74. The van der Waals surface area contributed by atoms with E-state index in [9.17, 15) is 14.3 Å². The number of rotatable bonds is 5. The second kappa shape index (κ2) is 7.53. The van der Waals surface area contributed by atoms with Crippen LogP contribution in [0.1, 0.15) is 20.8 Å². The summed E-state index contributed by atoms with van der Waals surface area (Å²) in [6.45, 7) is 5.27. The zero-order valence-corrected chi connectivity index (χ0v) is 16.4. The molecule has 0 spiro atoms. The van der Waals surface area contributed by atoms with Gasteiger partial charge in [-0.15, -0.1) is 11.3 Å². The summed E-state index contributed by atoms with van der Waals surface area (Å²) in [5.41, 5.74) is 2.66. The molecule has 1 heterocycles. The van der Waals surface area contributed by atoms with Crippen molar-refractivity contribution in [2.75, 3.05) is 0 Å². The number of fused-ring (bicyclic) bond motifs is 1. The lowest BCUT2D eigenvalue weighted by Gasteiger charge is -2.08. The van der Waals surface area contributed by atoms with E-state index in [1.165, 1.54) is 35.8 Å². The Morgan fingerprint density at radius 3 is 2.55 bits per heavy atom. The maximum absolute atomic E-state index is 13.5. The standard InChI is InChI=1S/C24H17FO3S/c1-3-28-18-8-4-15(5-9-18)22-20-11-7-17(26)13-21(20)29-24(22)23(27)19-10-6-16(25)12-14(19)2/h3-13,26H,1H2,2H3. The fraction of sp³-hybridized carbons (Fsp3) is 0.0417. The fourth-order valence-corrected chi connectivity index (χ4v) is 4.54. The van der Waals surface area contributed by atoms with Crippen molar-refractivity contribution in [2.24, 2.45) is 0 Å². The van der Waals surface area contributed by atoms with Gasteiger partial charge < -0.3 is 9.84 Å². The highest BCUT2D eigenvalue weighted by atomic mass is 32.1. The molecule has 5 heteroatoms. The minimum atomic E-state index is -0.377. The molecule has 4 rings (SSSR count). The van der Waals surface area contributed by atoms with Crippen molar-refractivity contribution in [1.29, 1.82) is 0 Å². The van der Waals surface area contributed by atoms with E-state index in [0.29, 0.717) is 21.8 Å². The molecule has 29 heavy (non-hydrogen) atoms. The predicted molar refractivity (Wildman–Crippen MR) is 114 cm³/mol. The molecule has 1 N–H and O–H groups in total. The average Bonchev–Trinajstić information content (AvgIpc) is 3.07. The summed E-state index contributed by atoms with van der Waals surface area (Å²) in [7, 11) is 0. The van der Waals surface area contributed by atoms with Gasteiger partial charge in [-0.2, -0.15) is 0 Å². The van der Waals surface area contributed by atoms with Crippen molar-refractivity contribution < 1.29 is 19.0 Å². The summed E-state index contributed by atoms with van der Waals surface area (Å²) in [5.74, 6) is 0.225. The number of halogens is 1. The lowest BCUT2D eigenvalue weighted by Crippen LogP contribution is -2.03. The molecule has 0 aliphatic heterocycles. The van der Waals surface area contributed by atoms with Gasteiger partial charge in [-0.3, -0.25) is 4.79 Å². The van der Waals surface area contributed by atoms with E-state index in [0.717, 1.165) is 21.2 Å². The summed E-state index contributed by atoms with van der Waals surface area (Å²) >= 11 is 1.31. The summed E-state index contributed by atoms with van der Waals surface area (Å²) in [4.78, 5) is 13.9. The molecule has 3 aromatic carbocycles. The second-order valence-electron chi connectivity index (χ2n) is 6.58. The topological polar surface area (TPSA) is 46.5 Å². The quantitative estimate of drug-likeness (QED) is 0.306. The van der Waals surface area contributed by atoms with Crippen LogP contribution in [0.2, 0.25) is 0 Å². The molecule has 0 fully saturated rings. The highest BCUT2D eigenvalue weighted by molar-refractivity contribution is 7.21. The lowest BCUT2D eigenvalue weighted by molar-refractivity contribution is 0.104. The molecule has 0 unspecified atom stereocenters. The Morgan fingerprint density at radius 2 is 1.86 bits per heavy atom. The molecule has 0 atom stereocenters. The molecule has 0 aliphatic carbocycles. The van der Waals surface area contributed by atoms with Gasteiger partial charge in [-0.25, -0.2) is 4.39 Å². The summed E-state index contributed by atoms with van der Waals surface area (Å²) in [5, 5.41) is 10.7. The first kappa shape index (κ1) is 18.9. The van der Waals surface area contributed by atoms with E-state index in [-0.39, 0.29) is 17.3 Å². The van der Waals surface area contributed by atoms with Gasteiger partial charge in [0.25, 0.3) is 0 Å². The largest absolute Gasteiger partial charge is 0.508 e.